The predicted octanol–water partition coefficient (Wildman–Crippen LogP) is 2.85. The van der Waals surface area contributed by atoms with Gasteiger partial charge in [-0.05, 0) is 13.1 Å². The van der Waals surface area contributed by atoms with Crippen molar-refractivity contribution in [3.05, 3.63) is 35.9 Å². The summed E-state index contributed by atoms with van der Waals surface area (Å²) < 4.78 is 0. The van der Waals surface area contributed by atoms with Crippen molar-refractivity contribution >= 4 is 23.9 Å². The highest BCUT2D eigenvalue weighted by Gasteiger charge is 2.28. The summed E-state index contributed by atoms with van der Waals surface area (Å²) in [7, 11) is -2.17. The van der Waals surface area contributed by atoms with Crippen molar-refractivity contribution in [2.24, 2.45) is 0 Å². The van der Waals surface area contributed by atoms with Gasteiger partial charge in [0.2, 0.25) is 7.38 Å². The fraction of sp³-hybridized carbons (Fsp3) is 0.222. The highest BCUT2D eigenvalue weighted by Crippen LogP contribution is 2.15. The second-order valence-corrected chi connectivity index (χ2v) is 9.40. The standard InChI is InChI=1S/C9H11ClOSi/c1-12(2,10)9(11)8-6-4-3-5-7-8/h3-7H,1-2H3. The van der Waals surface area contributed by atoms with E-state index in [-0.39, 0.29) is 5.41 Å². The van der Waals surface area contributed by atoms with E-state index in [0.29, 0.717) is 0 Å². The molecule has 0 unspecified atom stereocenters. The third-order valence-electron chi connectivity index (χ3n) is 1.58. The zero-order chi connectivity index (χ0) is 9.19. The molecule has 1 aromatic carbocycles. The Balaban J connectivity index is 2.94. The minimum atomic E-state index is -2.17. The van der Waals surface area contributed by atoms with Crippen molar-refractivity contribution in [1.29, 1.82) is 0 Å². The van der Waals surface area contributed by atoms with Gasteiger partial charge in [-0.1, -0.05) is 30.3 Å². The van der Waals surface area contributed by atoms with E-state index in [1.165, 1.54) is 0 Å². The van der Waals surface area contributed by atoms with Crippen LogP contribution in [0, 0.1) is 0 Å². The third kappa shape index (κ3) is 2.19. The van der Waals surface area contributed by atoms with Crippen LogP contribution in [0.2, 0.25) is 13.1 Å². The van der Waals surface area contributed by atoms with Crippen LogP contribution in [-0.4, -0.2) is 12.8 Å². The average Bonchev–Trinajstić information content (AvgIpc) is 2.03. The Hall–Kier alpha value is -0.603. The molecule has 0 saturated carbocycles. The quantitative estimate of drug-likeness (QED) is 0.528. The summed E-state index contributed by atoms with van der Waals surface area (Å²) in [4.78, 5) is 11.6. The molecule has 1 nitrogen and oxygen atoms in total. The minimum absolute atomic E-state index is 0.102. The lowest BCUT2D eigenvalue weighted by atomic mass is 10.2. The molecule has 0 aromatic heterocycles. The number of carbonyl (C=O) groups excluding carboxylic acids is 1. The third-order valence-corrected chi connectivity index (χ3v) is 3.46. The fourth-order valence-electron chi connectivity index (χ4n) is 0.933. The van der Waals surface area contributed by atoms with E-state index < -0.39 is 7.38 Å². The molecule has 0 aliphatic rings. The molecule has 0 saturated heterocycles. The SMILES string of the molecule is C[Si](C)(Cl)C(=O)c1ccccc1. The first-order valence-corrected chi connectivity index (χ1v) is 7.82. The van der Waals surface area contributed by atoms with Gasteiger partial charge in [-0.3, -0.25) is 4.79 Å². The topological polar surface area (TPSA) is 17.1 Å². The molecule has 0 radical (unpaired) electrons. The molecule has 0 spiro atoms. The maximum Gasteiger partial charge on any atom is 0.230 e. The molecule has 0 aliphatic carbocycles. The molecule has 0 heterocycles. The summed E-state index contributed by atoms with van der Waals surface area (Å²) in [5.74, 6) is 0. The van der Waals surface area contributed by atoms with Crippen LogP contribution in [0.1, 0.15) is 10.4 Å². The summed E-state index contributed by atoms with van der Waals surface area (Å²) in [6.45, 7) is 3.67. The van der Waals surface area contributed by atoms with Crippen molar-refractivity contribution in [1.82, 2.24) is 0 Å². The molecule has 0 bridgehead atoms. The maximum absolute atomic E-state index is 11.6. The zero-order valence-electron chi connectivity index (χ0n) is 7.17. The second-order valence-electron chi connectivity index (χ2n) is 3.17. The van der Waals surface area contributed by atoms with Gasteiger partial charge in [0.25, 0.3) is 0 Å². The van der Waals surface area contributed by atoms with Gasteiger partial charge >= 0.3 is 0 Å². The van der Waals surface area contributed by atoms with Gasteiger partial charge in [0.05, 0.1) is 0 Å². The van der Waals surface area contributed by atoms with E-state index >= 15 is 0 Å². The molecule has 0 aliphatic heterocycles. The molecule has 0 atom stereocenters. The summed E-state index contributed by atoms with van der Waals surface area (Å²) in [6.07, 6.45) is 0. The van der Waals surface area contributed by atoms with Gasteiger partial charge < -0.3 is 0 Å². The van der Waals surface area contributed by atoms with E-state index in [1.54, 1.807) is 12.1 Å². The van der Waals surface area contributed by atoms with E-state index in [0.717, 1.165) is 5.56 Å². The largest absolute Gasteiger partial charge is 0.298 e. The molecule has 3 heteroatoms. The Labute approximate surface area is 78.1 Å². The molecule has 1 aromatic rings. The smallest absolute Gasteiger partial charge is 0.230 e. The summed E-state index contributed by atoms with van der Waals surface area (Å²) in [5, 5.41) is 0.102. The Morgan fingerprint density at radius 2 is 1.75 bits per heavy atom. The Morgan fingerprint density at radius 1 is 1.25 bits per heavy atom. The van der Waals surface area contributed by atoms with Crippen molar-refractivity contribution in [3.8, 4) is 0 Å². The molecule has 1 rings (SSSR count). The summed E-state index contributed by atoms with van der Waals surface area (Å²) in [6, 6.07) is 9.20. The zero-order valence-corrected chi connectivity index (χ0v) is 8.93. The molecular weight excluding hydrogens is 188 g/mol. The predicted molar refractivity (Wildman–Crippen MR) is 54.1 cm³/mol. The first-order valence-electron chi connectivity index (χ1n) is 3.80. The first-order chi connectivity index (χ1) is 5.52. The highest BCUT2D eigenvalue weighted by molar-refractivity contribution is 7.35. The van der Waals surface area contributed by atoms with Gasteiger partial charge in [0.1, 0.15) is 0 Å². The number of carbonyl (C=O) groups is 1. The van der Waals surface area contributed by atoms with Gasteiger partial charge in [-0.25, -0.2) is 0 Å². The number of hydrogen-bond acceptors (Lipinski definition) is 1. The fourth-order valence-corrected chi connectivity index (χ4v) is 2.11. The van der Waals surface area contributed by atoms with Crippen LogP contribution in [0.15, 0.2) is 30.3 Å². The normalized spacial score (nSPS) is 11.2. The molecule has 0 amide bonds. The van der Waals surface area contributed by atoms with Crippen LogP contribution in [0.5, 0.6) is 0 Å². The van der Waals surface area contributed by atoms with Gasteiger partial charge in [-0.2, -0.15) is 11.1 Å². The van der Waals surface area contributed by atoms with Crippen molar-refractivity contribution < 1.29 is 4.79 Å². The molecular formula is C9H11ClOSi. The van der Waals surface area contributed by atoms with E-state index in [2.05, 4.69) is 0 Å². The van der Waals surface area contributed by atoms with Crippen molar-refractivity contribution in [2.75, 3.05) is 0 Å². The first kappa shape index (κ1) is 9.48. The molecule has 64 valence electrons. The average molecular weight is 199 g/mol. The van der Waals surface area contributed by atoms with Crippen LogP contribution in [0.4, 0.5) is 0 Å². The Morgan fingerprint density at radius 3 is 2.17 bits per heavy atom. The van der Waals surface area contributed by atoms with Crippen LogP contribution in [0.3, 0.4) is 0 Å². The van der Waals surface area contributed by atoms with E-state index in [4.69, 9.17) is 11.1 Å². The van der Waals surface area contributed by atoms with E-state index in [9.17, 15) is 4.79 Å². The number of benzene rings is 1. The van der Waals surface area contributed by atoms with Crippen LogP contribution in [0.25, 0.3) is 0 Å². The van der Waals surface area contributed by atoms with Crippen LogP contribution in [-0.2, 0) is 0 Å². The Bertz CT molecular complexity index is 276. The van der Waals surface area contributed by atoms with E-state index in [1.807, 2.05) is 31.3 Å². The number of halogens is 1. The van der Waals surface area contributed by atoms with Crippen LogP contribution < -0.4 is 0 Å². The molecule has 12 heavy (non-hydrogen) atoms. The van der Waals surface area contributed by atoms with Gasteiger partial charge in [-0.15, -0.1) is 0 Å². The lowest BCUT2D eigenvalue weighted by Crippen LogP contribution is -2.30. The maximum atomic E-state index is 11.6. The van der Waals surface area contributed by atoms with Crippen molar-refractivity contribution in [2.45, 2.75) is 13.1 Å². The lowest BCUT2D eigenvalue weighted by molar-refractivity contribution is 0.107. The van der Waals surface area contributed by atoms with Gasteiger partial charge in [0.15, 0.2) is 5.41 Å². The second kappa shape index (κ2) is 3.41. The monoisotopic (exact) mass is 198 g/mol. The van der Waals surface area contributed by atoms with Crippen LogP contribution >= 0.6 is 11.1 Å². The Kier molecular flexibility index (Phi) is 2.70. The summed E-state index contributed by atoms with van der Waals surface area (Å²) >= 11 is 6.01. The number of rotatable bonds is 2. The lowest BCUT2D eigenvalue weighted by Gasteiger charge is -2.10. The molecule has 0 fully saturated rings. The number of hydrogen-bond donors (Lipinski definition) is 0. The highest BCUT2D eigenvalue weighted by atomic mass is 35.6. The van der Waals surface area contributed by atoms with Gasteiger partial charge in [0, 0.05) is 5.56 Å². The summed E-state index contributed by atoms with van der Waals surface area (Å²) in [5.41, 5.74) is 0.726. The molecule has 0 N–H and O–H groups in total. The minimum Gasteiger partial charge on any atom is -0.298 e. The van der Waals surface area contributed by atoms with Crippen molar-refractivity contribution in [3.63, 3.8) is 0 Å².